The van der Waals surface area contributed by atoms with E-state index in [2.05, 4.69) is 55.9 Å². The van der Waals surface area contributed by atoms with Crippen molar-refractivity contribution in [3.8, 4) is 0 Å². The van der Waals surface area contributed by atoms with Gasteiger partial charge in [0.2, 0.25) is 0 Å². The van der Waals surface area contributed by atoms with Crippen molar-refractivity contribution in [3.05, 3.63) is 53.7 Å². The Kier molecular flexibility index (Phi) is 7.20. The summed E-state index contributed by atoms with van der Waals surface area (Å²) in [5, 5.41) is 0. The SMILES string of the molecule is CN1CCN(CCCc2ccccc2N2CCN(c3ccc(C(F)(F)F)cn3)CC2)CC1. The average molecular weight is 448 g/mol. The van der Waals surface area contributed by atoms with Crippen molar-refractivity contribution in [3.63, 3.8) is 0 Å². The molecule has 0 N–H and O–H groups in total. The molecule has 0 amide bonds. The van der Waals surface area contributed by atoms with Crippen LogP contribution in [0.25, 0.3) is 0 Å². The maximum Gasteiger partial charge on any atom is 0.417 e. The molecule has 0 aliphatic carbocycles. The van der Waals surface area contributed by atoms with E-state index in [1.54, 1.807) is 0 Å². The molecule has 2 aliphatic rings. The Morgan fingerprint density at radius 1 is 0.844 bits per heavy atom. The number of nitrogens with zero attached hydrogens (tertiary/aromatic N) is 5. The number of pyridine rings is 1. The second kappa shape index (κ2) is 10.1. The van der Waals surface area contributed by atoms with Gasteiger partial charge in [-0.15, -0.1) is 0 Å². The predicted molar refractivity (Wildman–Crippen MR) is 122 cm³/mol. The van der Waals surface area contributed by atoms with Crippen molar-refractivity contribution in [1.82, 2.24) is 14.8 Å². The quantitative estimate of drug-likeness (QED) is 0.674. The fourth-order valence-electron chi connectivity index (χ4n) is 4.51. The van der Waals surface area contributed by atoms with Crippen molar-refractivity contribution in [1.29, 1.82) is 0 Å². The highest BCUT2D eigenvalue weighted by Crippen LogP contribution is 2.30. The van der Waals surface area contributed by atoms with Crippen LogP contribution in [0, 0.1) is 0 Å². The zero-order valence-corrected chi connectivity index (χ0v) is 18.7. The second-order valence-corrected chi connectivity index (χ2v) is 8.75. The Morgan fingerprint density at radius 2 is 1.53 bits per heavy atom. The summed E-state index contributed by atoms with van der Waals surface area (Å²) in [6.45, 7) is 8.88. The van der Waals surface area contributed by atoms with Crippen molar-refractivity contribution in [2.24, 2.45) is 0 Å². The minimum atomic E-state index is -4.35. The molecule has 2 fully saturated rings. The van der Waals surface area contributed by atoms with Gasteiger partial charge in [-0.25, -0.2) is 4.98 Å². The highest BCUT2D eigenvalue weighted by molar-refractivity contribution is 5.55. The molecule has 5 nitrogen and oxygen atoms in total. The number of hydrogen-bond donors (Lipinski definition) is 0. The lowest BCUT2D eigenvalue weighted by Gasteiger charge is -2.37. The molecule has 0 saturated carbocycles. The van der Waals surface area contributed by atoms with E-state index in [1.165, 1.54) is 17.3 Å². The normalized spacial score (nSPS) is 18.9. The minimum absolute atomic E-state index is 0.609. The van der Waals surface area contributed by atoms with Gasteiger partial charge in [0, 0.05) is 64.2 Å². The number of benzene rings is 1. The molecule has 2 aromatic rings. The lowest BCUT2D eigenvalue weighted by atomic mass is 10.1. The summed E-state index contributed by atoms with van der Waals surface area (Å²) in [5.41, 5.74) is 1.96. The molecular weight excluding hydrogens is 415 g/mol. The maximum absolute atomic E-state index is 12.8. The van der Waals surface area contributed by atoms with Gasteiger partial charge in [0.25, 0.3) is 0 Å². The van der Waals surface area contributed by atoms with Gasteiger partial charge in [-0.05, 0) is 50.2 Å². The Bertz CT molecular complexity index is 855. The van der Waals surface area contributed by atoms with Crippen LogP contribution in [-0.2, 0) is 12.6 Å². The molecule has 1 aromatic carbocycles. The van der Waals surface area contributed by atoms with Crippen LogP contribution in [0.5, 0.6) is 0 Å². The summed E-state index contributed by atoms with van der Waals surface area (Å²) < 4.78 is 38.4. The molecule has 3 heterocycles. The van der Waals surface area contributed by atoms with Gasteiger partial charge < -0.3 is 19.6 Å². The van der Waals surface area contributed by atoms with Crippen LogP contribution in [0.1, 0.15) is 17.5 Å². The summed E-state index contributed by atoms with van der Waals surface area (Å²) in [4.78, 5) is 13.4. The third-order valence-electron chi connectivity index (χ3n) is 6.53. The third-order valence-corrected chi connectivity index (χ3v) is 6.53. The van der Waals surface area contributed by atoms with Crippen LogP contribution in [-0.4, -0.2) is 80.7 Å². The van der Waals surface area contributed by atoms with Crippen molar-refractivity contribution in [2.75, 3.05) is 75.8 Å². The molecule has 0 bridgehead atoms. The van der Waals surface area contributed by atoms with E-state index < -0.39 is 11.7 Å². The molecule has 8 heteroatoms. The van der Waals surface area contributed by atoms with E-state index in [9.17, 15) is 13.2 Å². The molecule has 2 aliphatic heterocycles. The Labute approximate surface area is 188 Å². The number of piperazine rings is 2. The molecule has 1 aromatic heterocycles. The maximum atomic E-state index is 12.8. The van der Waals surface area contributed by atoms with Crippen LogP contribution >= 0.6 is 0 Å². The molecule has 0 spiro atoms. The summed E-state index contributed by atoms with van der Waals surface area (Å²) in [6, 6.07) is 11.2. The summed E-state index contributed by atoms with van der Waals surface area (Å²) in [7, 11) is 2.18. The van der Waals surface area contributed by atoms with E-state index in [0.29, 0.717) is 5.82 Å². The molecule has 0 unspecified atom stereocenters. The van der Waals surface area contributed by atoms with Gasteiger partial charge in [0.1, 0.15) is 5.82 Å². The summed E-state index contributed by atoms with van der Waals surface area (Å²) in [6.07, 6.45) is -1.21. The smallest absolute Gasteiger partial charge is 0.368 e. The first-order valence-electron chi connectivity index (χ1n) is 11.4. The van der Waals surface area contributed by atoms with E-state index >= 15 is 0 Å². The number of likely N-dealkylation sites (N-methyl/N-ethyl adjacent to an activating group) is 1. The number of alkyl halides is 3. The highest BCUT2D eigenvalue weighted by Gasteiger charge is 2.31. The first-order valence-corrected chi connectivity index (χ1v) is 11.4. The molecule has 0 radical (unpaired) electrons. The number of aromatic nitrogens is 1. The van der Waals surface area contributed by atoms with Crippen LogP contribution in [0.3, 0.4) is 0 Å². The molecule has 0 atom stereocenters. The van der Waals surface area contributed by atoms with E-state index in [0.717, 1.165) is 84.0 Å². The lowest BCUT2D eigenvalue weighted by Crippen LogP contribution is -2.47. The zero-order valence-electron chi connectivity index (χ0n) is 18.7. The second-order valence-electron chi connectivity index (χ2n) is 8.75. The Morgan fingerprint density at radius 3 is 2.19 bits per heavy atom. The standard InChI is InChI=1S/C24H32F3N5/c1-29-11-13-30(14-12-29)10-4-6-20-5-2-3-7-22(20)31-15-17-32(18-16-31)23-9-8-21(19-28-23)24(25,26)27/h2-3,5,7-9,19H,4,6,10-18H2,1H3. The van der Waals surface area contributed by atoms with Crippen molar-refractivity contribution in [2.45, 2.75) is 19.0 Å². The minimum Gasteiger partial charge on any atom is -0.368 e. The van der Waals surface area contributed by atoms with Crippen molar-refractivity contribution >= 4 is 11.5 Å². The van der Waals surface area contributed by atoms with Gasteiger partial charge >= 0.3 is 6.18 Å². The average Bonchev–Trinajstić information content (AvgIpc) is 2.80. The monoisotopic (exact) mass is 447 g/mol. The van der Waals surface area contributed by atoms with Gasteiger partial charge in [0.05, 0.1) is 5.56 Å². The highest BCUT2D eigenvalue weighted by atomic mass is 19.4. The summed E-state index contributed by atoms with van der Waals surface area (Å²) in [5.74, 6) is 0.609. The van der Waals surface area contributed by atoms with Crippen LogP contribution in [0.15, 0.2) is 42.6 Å². The number of halogens is 3. The Balaban J connectivity index is 1.31. The van der Waals surface area contributed by atoms with Gasteiger partial charge in [-0.1, -0.05) is 18.2 Å². The molecule has 174 valence electrons. The van der Waals surface area contributed by atoms with Gasteiger partial charge in [0.15, 0.2) is 0 Å². The molecular formula is C24H32F3N5. The fourth-order valence-corrected chi connectivity index (χ4v) is 4.51. The largest absolute Gasteiger partial charge is 0.417 e. The number of anilines is 2. The van der Waals surface area contributed by atoms with Crippen LogP contribution in [0.2, 0.25) is 0 Å². The first kappa shape index (κ1) is 22.9. The van der Waals surface area contributed by atoms with E-state index in [1.807, 2.05) is 0 Å². The lowest BCUT2D eigenvalue weighted by molar-refractivity contribution is -0.137. The summed E-state index contributed by atoms with van der Waals surface area (Å²) >= 11 is 0. The third kappa shape index (κ3) is 5.72. The van der Waals surface area contributed by atoms with Crippen LogP contribution < -0.4 is 9.80 Å². The van der Waals surface area contributed by atoms with E-state index in [4.69, 9.17) is 0 Å². The Hall–Kier alpha value is -2.32. The van der Waals surface area contributed by atoms with Crippen molar-refractivity contribution < 1.29 is 13.2 Å². The molecule has 4 rings (SSSR count). The number of aryl methyl sites for hydroxylation is 1. The van der Waals surface area contributed by atoms with Gasteiger partial charge in [-0.2, -0.15) is 13.2 Å². The topological polar surface area (TPSA) is 25.9 Å². The number of para-hydroxylation sites is 1. The molecule has 2 saturated heterocycles. The predicted octanol–water partition coefficient (Wildman–Crippen LogP) is 3.61. The first-order chi connectivity index (χ1) is 15.4. The van der Waals surface area contributed by atoms with Gasteiger partial charge in [-0.3, -0.25) is 0 Å². The zero-order chi connectivity index (χ0) is 22.6. The molecule has 32 heavy (non-hydrogen) atoms. The van der Waals surface area contributed by atoms with E-state index in [-0.39, 0.29) is 0 Å². The van der Waals surface area contributed by atoms with Crippen LogP contribution in [0.4, 0.5) is 24.7 Å². The fraction of sp³-hybridized carbons (Fsp3) is 0.542. The number of rotatable bonds is 6. The number of hydrogen-bond acceptors (Lipinski definition) is 5.